The van der Waals surface area contributed by atoms with Crippen molar-refractivity contribution in [1.29, 1.82) is 0 Å². The monoisotopic (exact) mass is 316 g/mol. The molecule has 0 spiro atoms. The minimum absolute atomic E-state index is 0.00118. The van der Waals surface area contributed by atoms with Crippen molar-refractivity contribution in [2.24, 2.45) is 0 Å². The van der Waals surface area contributed by atoms with Gasteiger partial charge in [-0.1, -0.05) is 41.9 Å². The fourth-order valence-electron chi connectivity index (χ4n) is 2.64. The number of aryl methyl sites for hydroxylation is 1. The van der Waals surface area contributed by atoms with Gasteiger partial charge in [0.1, 0.15) is 5.02 Å². The smallest absolute Gasteiger partial charge is 0.288 e. The highest BCUT2D eigenvalue weighted by Crippen LogP contribution is 2.37. The van der Waals surface area contributed by atoms with Crippen molar-refractivity contribution in [3.05, 3.63) is 68.7 Å². The number of anilines is 1. The van der Waals surface area contributed by atoms with Gasteiger partial charge in [-0.05, 0) is 23.6 Å². The molecule has 1 amide bonds. The third-order valence-corrected chi connectivity index (χ3v) is 4.03. The first-order valence-electron chi connectivity index (χ1n) is 6.87. The van der Waals surface area contributed by atoms with E-state index in [-0.39, 0.29) is 16.6 Å². The molecule has 0 radical (unpaired) electrons. The molecule has 22 heavy (non-hydrogen) atoms. The Labute approximate surface area is 132 Å². The number of carbonyl (C=O) groups is 1. The second-order valence-corrected chi connectivity index (χ2v) is 5.56. The van der Waals surface area contributed by atoms with Gasteiger partial charge in [0, 0.05) is 18.2 Å². The van der Waals surface area contributed by atoms with Crippen LogP contribution in [0.2, 0.25) is 5.02 Å². The molecular weight excluding hydrogens is 304 g/mol. The SMILES string of the molecule is O=C1CCc2cc([N+](=O)[O-])c(Cl)cc2N1Cc1ccccc1. The van der Waals surface area contributed by atoms with Crippen LogP contribution < -0.4 is 4.90 Å². The van der Waals surface area contributed by atoms with Gasteiger partial charge in [-0.2, -0.15) is 0 Å². The minimum atomic E-state index is -0.499. The van der Waals surface area contributed by atoms with Crippen LogP contribution in [0.5, 0.6) is 0 Å². The maximum Gasteiger partial charge on any atom is 0.288 e. The maximum atomic E-state index is 12.2. The third-order valence-electron chi connectivity index (χ3n) is 3.73. The van der Waals surface area contributed by atoms with Crippen LogP contribution in [0.25, 0.3) is 0 Å². The Kier molecular flexibility index (Phi) is 3.81. The molecule has 1 aliphatic heterocycles. The summed E-state index contributed by atoms with van der Waals surface area (Å²) in [5.74, 6) is 0.00118. The highest BCUT2D eigenvalue weighted by Gasteiger charge is 2.27. The highest BCUT2D eigenvalue weighted by molar-refractivity contribution is 6.33. The molecule has 3 rings (SSSR count). The van der Waals surface area contributed by atoms with Crippen molar-refractivity contribution in [3.63, 3.8) is 0 Å². The average Bonchev–Trinajstić information content (AvgIpc) is 2.51. The molecule has 1 aliphatic rings. The first kappa shape index (κ1) is 14.5. The predicted molar refractivity (Wildman–Crippen MR) is 84.1 cm³/mol. The molecule has 0 unspecified atom stereocenters. The van der Waals surface area contributed by atoms with E-state index in [2.05, 4.69) is 0 Å². The highest BCUT2D eigenvalue weighted by atomic mass is 35.5. The van der Waals surface area contributed by atoms with Crippen LogP contribution in [0.3, 0.4) is 0 Å². The van der Waals surface area contributed by atoms with Gasteiger partial charge in [0.05, 0.1) is 11.5 Å². The van der Waals surface area contributed by atoms with E-state index in [1.807, 2.05) is 30.3 Å². The van der Waals surface area contributed by atoms with Gasteiger partial charge in [-0.15, -0.1) is 0 Å². The molecule has 0 aliphatic carbocycles. The number of rotatable bonds is 3. The van der Waals surface area contributed by atoms with Gasteiger partial charge in [-0.3, -0.25) is 14.9 Å². The minimum Gasteiger partial charge on any atom is -0.308 e. The summed E-state index contributed by atoms with van der Waals surface area (Å²) in [5.41, 5.74) is 2.33. The number of nitro benzene ring substituents is 1. The lowest BCUT2D eigenvalue weighted by molar-refractivity contribution is -0.384. The van der Waals surface area contributed by atoms with Crippen LogP contribution in [-0.2, 0) is 17.8 Å². The van der Waals surface area contributed by atoms with E-state index in [0.717, 1.165) is 11.1 Å². The number of carbonyl (C=O) groups excluding carboxylic acids is 1. The Morgan fingerprint density at radius 2 is 1.91 bits per heavy atom. The number of amides is 1. The predicted octanol–water partition coefficient (Wildman–Crippen LogP) is 3.73. The van der Waals surface area contributed by atoms with Gasteiger partial charge in [0.25, 0.3) is 5.69 Å². The first-order chi connectivity index (χ1) is 10.6. The van der Waals surface area contributed by atoms with Crippen LogP contribution in [-0.4, -0.2) is 10.8 Å². The van der Waals surface area contributed by atoms with Crippen molar-refractivity contribution in [1.82, 2.24) is 0 Å². The summed E-state index contributed by atoms with van der Waals surface area (Å²) in [7, 11) is 0. The molecule has 1 heterocycles. The Morgan fingerprint density at radius 1 is 1.18 bits per heavy atom. The fourth-order valence-corrected chi connectivity index (χ4v) is 2.86. The summed E-state index contributed by atoms with van der Waals surface area (Å²) in [6.45, 7) is 0.431. The molecule has 2 aromatic carbocycles. The van der Waals surface area contributed by atoms with Gasteiger partial charge in [-0.25, -0.2) is 0 Å². The second kappa shape index (κ2) is 5.77. The van der Waals surface area contributed by atoms with Crippen LogP contribution in [0, 0.1) is 10.1 Å². The molecule has 112 valence electrons. The van der Waals surface area contributed by atoms with E-state index >= 15 is 0 Å². The molecule has 2 aromatic rings. The second-order valence-electron chi connectivity index (χ2n) is 5.15. The van der Waals surface area contributed by atoms with Crippen molar-refractivity contribution in [3.8, 4) is 0 Å². The Morgan fingerprint density at radius 3 is 2.59 bits per heavy atom. The van der Waals surface area contributed by atoms with E-state index < -0.39 is 4.92 Å². The maximum absolute atomic E-state index is 12.2. The van der Waals surface area contributed by atoms with Gasteiger partial charge in [0.15, 0.2) is 0 Å². The number of halogens is 1. The lowest BCUT2D eigenvalue weighted by Gasteiger charge is -2.29. The van der Waals surface area contributed by atoms with Gasteiger partial charge >= 0.3 is 0 Å². The number of benzene rings is 2. The molecule has 0 saturated carbocycles. The first-order valence-corrected chi connectivity index (χ1v) is 7.25. The summed E-state index contributed by atoms with van der Waals surface area (Å²) in [5, 5.41) is 11.0. The zero-order valence-electron chi connectivity index (χ0n) is 11.7. The van der Waals surface area contributed by atoms with E-state index in [1.165, 1.54) is 12.1 Å². The van der Waals surface area contributed by atoms with Crippen molar-refractivity contribution >= 4 is 28.9 Å². The van der Waals surface area contributed by atoms with Crippen molar-refractivity contribution in [2.75, 3.05) is 4.90 Å². The molecule has 0 N–H and O–H groups in total. The molecule has 0 aromatic heterocycles. The fraction of sp³-hybridized carbons (Fsp3) is 0.188. The molecule has 0 fully saturated rings. The number of nitrogens with zero attached hydrogens (tertiary/aromatic N) is 2. The molecular formula is C16H13ClN2O3. The summed E-state index contributed by atoms with van der Waals surface area (Å²) >= 11 is 5.99. The standard InChI is InChI=1S/C16H13ClN2O3/c17-13-9-14-12(8-15(13)19(21)22)6-7-16(20)18(14)10-11-4-2-1-3-5-11/h1-5,8-9H,6-7,10H2. The Balaban J connectivity index is 2.01. The Bertz CT molecular complexity index is 747. The van der Waals surface area contributed by atoms with Crippen molar-refractivity contribution in [2.45, 2.75) is 19.4 Å². The van der Waals surface area contributed by atoms with Crippen LogP contribution >= 0.6 is 11.6 Å². The van der Waals surface area contributed by atoms with E-state index in [9.17, 15) is 14.9 Å². The van der Waals surface area contributed by atoms with Crippen LogP contribution in [0.4, 0.5) is 11.4 Å². The largest absolute Gasteiger partial charge is 0.308 e. The average molecular weight is 317 g/mol. The van der Waals surface area contributed by atoms with Crippen molar-refractivity contribution < 1.29 is 9.72 Å². The Hall–Kier alpha value is -2.40. The van der Waals surface area contributed by atoms with Crippen LogP contribution in [0.15, 0.2) is 42.5 Å². The topological polar surface area (TPSA) is 63.4 Å². The number of hydrogen-bond donors (Lipinski definition) is 0. The quantitative estimate of drug-likeness (QED) is 0.640. The lowest BCUT2D eigenvalue weighted by atomic mass is 9.99. The molecule has 0 bridgehead atoms. The summed E-state index contributed by atoms with van der Waals surface area (Å²) in [6, 6.07) is 12.6. The number of fused-ring (bicyclic) bond motifs is 1. The summed E-state index contributed by atoms with van der Waals surface area (Å²) in [4.78, 5) is 24.4. The molecule has 0 saturated heterocycles. The zero-order valence-corrected chi connectivity index (χ0v) is 12.4. The zero-order chi connectivity index (χ0) is 15.7. The normalized spacial score (nSPS) is 13.9. The summed E-state index contributed by atoms with van der Waals surface area (Å²) < 4.78 is 0. The number of hydrogen-bond acceptors (Lipinski definition) is 3. The molecule has 0 atom stereocenters. The van der Waals surface area contributed by atoms with Gasteiger partial charge < -0.3 is 4.90 Å². The lowest BCUT2D eigenvalue weighted by Crippen LogP contribution is -2.34. The van der Waals surface area contributed by atoms with E-state index in [4.69, 9.17) is 11.6 Å². The molecule has 5 nitrogen and oxygen atoms in total. The third kappa shape index (κ3) is 2.67. The number of nitro groups is 1. The van der Waals surface area contributed by atoms with E-state index in [0.29, 0.717) is 25.1 Å². The van der Waals surface area contributed by atoms with E-state index in [1.54, 1.807) is 4.90 Å². The summed E-state index contributed by atoms with van der Waals surface area (Å²) in [6.07, 6.45) is 0.843. The van der Waals surface area contributed by atoms with Crippen LogP contribution in [0.1, 0.15) is 17.5 Å². The molecule has 6 heteroatoms. The van der Waals surface area contributed by atoms with Gasteiger partial charge in [0.2, 0.25) is 5.91 Å².